The van der Waals surface area contributed by atoms with Crippen molar-refractivity contribution in [3.63, 3.8) is 0 Å². The summed E-state index contributed by atoms with van der Waals surface area (Å²) >= 11 is 0. The fourth-order valence-corrected chi connectivity index (χ4v) is 2.34. The normalized spacial score (nSPS) is 10.2. The van der Waals surface area contributed by atoms with E-state index in [0.29, 0.717) is 23.1 Å². The molecule has 0 fully saturated rings. The molecule has 0 spiro atoms. The van der Waals surface area contributed by atoms with Gasteiger partial charge in [0.1, 0.15) is 17.5 Å². The molecular formula is C20H15F2N3O3. The van der Waals surface area contributed by atoms with Crippen molar-refractivity contribution in [3.05, 3.63) is 83.6 Å². The minimum absolute atomic E-state index is 0.126. The van der Waals surface area contributed by atoms with E-state index in [-0.39, 0.29) is 11.3 Å². The second-order valence-electron chi connectivity index (χ2n) is 5.70. The molecule has 3 rings (SSSR count). The topological polar surface area (TPSA) is 80.3 Å². The third-order valence-electron chi connectivity index (χ3n) is 3.78. The fraction of sp³-hybridized carbons (Fsp3) is 0.0500. The summed E-state index contributed by atoms with van der Waals surface area (Å²) in [5.41, 5.74) is 1.18. The lowest BCUT2D eigenvalue weighted by molar-refractivity contribution is 0.0600. The van der Waals surface area contributed by atoms with Crippen LogP contribution in [0.1, 0.15) is 20.7 Å². The molecule has 1 aromatic heterocycles. The number of carbonyl (C=O) groups excluding carboxylic acids is 2. The number of nitrogens with zero attached hydrogens (tertiary/aromatic N) is 1. The minimum atomic E-state index is -0.866. The highest BCUT2D eigenvalue weighted by atomic mass is 19.1. The first-order valence-corrected chi connectivity index (χ1v) is 8.14. The van der Waals surface area contributed by atoms with Crippen LogP contribution in [0.5, 0.6) is 0 Å². The Bertz CT molecular complexity index is 1010. The molecular weight excluding hydrogens is 368 g/mol. The molecule has 0 radical (unpaired) electrons. The molecule has 2 aromatic carbocycles. The number of methoxy groups -OCH3 is 1. The monoisotopic (exact) mass is 383 g/mol. The van der Waals surface area contributed by atoms with Gasteiger partial charge in [-0.1, -0.05) is 0 Å². The predicted octanol–water partition coefficient (Wildman–Crippen LogP) is 4.14. The van der Waals surface area contributed by atoms with Gasteiger partial charge in [0.15, 0.2) is 0 Å². The Balaban J connectivity index is 1.65. The van der Waals surface area contributed by atoms with Crippen molar-refractivity contribution in [2.45, 2.75) is 0 Å². The lowest BCUT2D eigenvalue weighted by Crippen LogP contribution is -2.13. The summed E-state index contributed by atoms with van der Waals surface area (Å²) in [6.07, 6.45) is 1.32. The van der Waals surface area contributed by atoms with Crippen LogP contribution in [-0.2, 0) is 4.74 Å². The highest BCUT2D eigenvalue weighted by molar-refractivity contribution is 6.04. The van der Waals surface area contributed by atoms with Gasteiger partial charge in [-0.15, -0.1) is 0 Å². The summed E-state index contributed by atoms with van der Waals surface area (Å²) in [5.74, 6) is -2.14. The van der Waals surface area contributed by atoms with Crippen LogP contribution in [0.3, 0.4) is 0 Å². The molecule has 0 atom stereocenters. The number of amides is 1. The third kappa shape index (κ3) is 4.47. The van der Waals surface area contributed by atoms with Crippen LogP contribution in [0.15, 0.2) is 60.8 Å². The van der Waals surface area contributed by atoms with E-state index in [1.165, 1.54) is 19.4 Å². The molecule has 0 saturated heterocycles. The van der Waals surface area contributed by atoms with Gasteiger partial charge in [-0.2, -0.15) is 0 Å². The van der Waals surface area contributed by atoms with Gasteiger partial charge in [0.25, 0.3) is 5.91 Å². The lowest BCUT2D eigenvalue weighted by atomic mass is 10.2. The van der Waals surface area contributed by atoms with Crippen LogP contribution < -0.4 is 10.6 Å². The van der Waals surface area contributed by atoms with Gasteiger partial charge in [0, 0.05) is 18.0 Å². The Labute approximate surface area is 159 Å². The molecule has 1 heterocycles. The number of hydrogen-bond donors (Lipinski definition) is 2. The summed E-state index contributed by atoms with van der Waals surface area (Å²) < 4.78 is 31.2. The zero-order chi connectivity index (χ0) is 20.1. The Morgan fingerprint density at radius 3 is 2.29 bits per heavy atom. The molecule has 0 unspecified atom stereocenters. The van der Waals surface area contributed by atoms with Crippen molar-refractivity contribution < 1.29 is 23.1 Å². The van der Waals surface area contributed by atoms with Gasteiger partial charge in [-0.3, -0.25) is 4.79 Å². The second kappa shape index (κ2) is 8.26. The quantitative estimate of drug-likeness (QED) is 0.647. The molecule has 28 heavy (non-hydrogen) atoms. The number of hydrogen-bond acceptors (Lipinski definition) is 5. The average molecular weight is 383 g/mol. The average Bonchev–Trinajstić information content (AvgIpc) is 2.70. The molecule has 0 aliphatic carbocycles. The number of pyridine rings is 1. The van der Waals surface area contributed by atoms with Crippen molar-refractivity contribution in [2.24, 2.45) is 0 Å². The SMILES string of the molecule is COC(=O)c1ccc(Nc2ccc(C(=O)Nc3ccc(F)cc3F)cn2)cc1. The molecule has 0 aliphatic rings. The maximum atomic E-state index is 13.6. The number of benzene rings is 2. The van der Waals surface area contributed by atoms with Crippen LogP contribution in [0.25, 0.3) is 0 Å². The van der Waals surface area contributed by atoms with E-state index in [1.807, 2.05) is 0 Å². The first-order chi connectivity index (χ1) is 13.5. The highest BCUT2D eigenvalue weighted by Gasteiger charge is 2.11. The number of anilines is 3. The second-order valence-corrected chi connectivity index (χ2v) is 5.70. The summed E-state index contributed by atoms with van der Waals surface area (Å²) in [5, 5.41) is 5.38. The first-order valence-electron chi connectivity index (χ1n) is 8.14. The van der Waals surface area contributed by atoms with E-state index in [0.717, 1.165) is 12.1 Å². The zero-order valence-electron chi connectivity index (χ0n) is 14.7. The van der Waals surface area contributed by atoms with Crippen molar-refractivity contribution in [3.8, 4) is 0 Å². The van der Waals surface area contributed by atoms with Crippen molar-refractivity contribution in [2.75, 3.05) is 17.7 Å². The smallest absolute Gasteiger partial charge is 0.337 e. The Morgan fingerprint density at radius 1 is 0.964 bits per heavy atom. The molecule has 6 nitrogen and oxygen atoms in total. The summed E-state index contributed by atoms with van der Waals surface area (Å²) in [4.78, 5) is 27.7. The van der Waals surface area contributed by atoms with Gasteiger partial charge >= 0.3 is 5.97 Å². The van der Waals surface area contributed by atoms with E-state index >= 15 is 0 Å². The van der Waals surface area contributed by atoms with Crippen LogP contribution in [0.4, 0.5) is 26.0 Å². The van der Waals surface area contributed by atoms with Crippen molar-refractivity contribution in [1.82, 2.24) is 4.98 Å². The number of nitrogens with one attached hydrogen (secondary N) is 2. The summed E-state index contributed by atoms with van der Waals surface area (Å²) in [6.45, 7) is 0. The van der Waals surface area contributed by atoms with Crippen LogP contribution in [0.2, 0.25) is 0 Å². The molecule has 0 saturated carbocycles. The van der Waals surface area contributed by atoms with E-state index in [1.54, 1.807) is 30.3 Å². The largest absolute Gasteiger partial charge is 0.465 e. The predicted molar refractivity (Wildman–Crippen MR) is 99.6 cm³/mol. The Kier molecular flexibility index (Phi) is 5.59. The van der Waals surface area contributed by atoms with Gasteiger partial charge in [0.05, 0.1) is 23.9 Å². The van der Waals surface area contributed by atoms with Gasteiger partial charge in [-0.05, 0) is 48.5 Å². The van der Waals surface area contributed by atoms with Crippen LogP contribution in [-0.4, -0.2) is 24.0 Å². The van der Waals surface area contributed by atoms with Gasteiger partial charge < -0.3 is 15.4 Å². The van der Waals surface area contributed by atoms with Crippen LogP contribution in [0, 0.1) is 11.6 Å². The van der Waals surface area contributed by atoms with E-state index in [9.17, 15) is 18.4 Å². The molecule has 2 N–H and O–H groups in total. The number of aromatic nitrogens is 1. The zero-order valence-corrected chi connectivity index (χ0v) is 14.7. The molecule has 0 aliphatic heterocycles. The van der Waals surface area contributed by atoms with Crippen molar-refractivity contribution >= 4 is 29.1 Å². The van der Waals surface area contributed by atoms with Gasteiger partial charge in [0.2, 0.25) is 0 Å². The highest BCUT2D eigenvalue weighted by Crippen LogP contribution is 2.18. The molecule has 1 amide bonds. The Morgan fingerprint density at radius 2 is 1.68 bits per heavy atom. The number of halogens is 2. The maximum absolute atomic E-state index is 13.6. The number of ether oxygens (including phenoxy) is 1. The minimum Gasteiger partial charge on any atom is -0.465 e. The van der Waals surface area contributed by atoms with Crippen LogP contribution >= 0.6 is 0 Å². The van der Waals surface area contributed by atoms with E-state index in [2.05, 4.69) is 20.4 Å². The number of rotatable bonds is 5. The Hall–Kier alpha value is -3.81. The van der Waals surface area contributed by atoms with Gasteiger partial charge in [-0.25, -0.2) is 18.6 Å². The summed E-state index contributed by atoms with van der Waals surface area (Å²) in [6, 6.07) is 12.5. The maximum Gasteiger partial charge on any atom is 0.337 e. The number of esters is 1. The fourth-order valence-electron chi connectivity index (χ4n) is 2.34. The van der Waals surface area contributed by atoms with E-state index < -0.39 is 23.5 Å². The van der Waals surface area contributed by atoms with Crippen molar-refractivity contribution in [1.29, 1.82) is 0 Å². The third-order valence-corrected chi connectivity index (χ3v) is 3.78. The standard InChI is InChI=1S/C20H15F2N3O3/c1-28-20(27)12-2-6-15(7-3-12)24-18-9-4-13(11-23-18)19(26)25-17-8-5-14(21)10-16(17)22/h2-11H,1H3,(H,23,24)(H,25,26). The summed E-state index contributed by atoms with van der Waals surface area (Å²) in [7, 11) is 1.31. The molecule has 8 heteroatoms. The lowest BCUT2D eigenvalue weighted by Gasteiger charge is -2.08. The molecule has 0 bridgehead atoms. The molecule has 3 aromatic rings. The van der Waals surface area contributed by atoms with E-state index in [4.69, 9.17) is 0 Å². The molecule has 142 valence electrons. The first kappa shape index (κ1) is 19.0. The number of carbonyl (C=O) groups is 2.